The molecule has 0 radical (unpaired) electrons. The third-order valence-corrected chi connectivity index (χ3v) is 12.4. The van der Waals surface area contributed by atoms with Crippen LogP contribution in [0.25, 0.3) is 0 Å². The van der Waals surface area contributed by atoms with Crippen molar-refractivity contribution in [2.24, 2.45) is 0 Å². The first kappa shape index (κ1) is 66.3. The van der Waals surface area contributed by atoms with Crippen molar-refractivity contribution >= 4 is 17.9 Å². The second kappa shape index (κ2) is 57.9. The summed E-state index contributed by atoms with van der Waals surface area (Å²) in [6.07, 6.45) is 76.8. The van der Waals surface area contributed by atoms with E-state index in [4.69, 9.17) is 14.2 Å². The van der Waals surface area contributed by atoms with Gasteiger partial charge in [0.1, 0.15) is 13.2 Å². The summed E-state index contributed by atoms with van der Waals surface area (Å²) in [6, 6.07) is 0. The fourth-order valence-corrected chi connectivity index (χ4v) is 8.03. The van der Waals surface area contributed by atoms with Gasteiger partial charge in [-0.2, -0.15) is 0 Å². The van der Waals surface area contributed by atoms with Gasteiger partial charge in [0, 0.05) is 19.3 Å². The molecule has 0 heterocycles. The van der Waals surface area contributed by atoms with E-state index in [9.17, 15) is 14.4 Å². The number of esters is 3. The lowest BCUT2D eigenvalue weighted by atomic mass is 10.0. The summed E-state index contributed by atoms with van der Waals surface area (Å²) in [5.74, 6) is -0.944. The number of ether oxygens (including phenoxy) is 3. The number of hydrogen-bond donors (Lipinski definition) is 0. The Hall–Kier alpha value is -3.67. The molecule has 0 saturated carbocycles. The predicted octanol–water partition coefficient (Wildman–Crippen LogP) is 19.7. The lowest BCUT2D eigenvalue weighted by Gasteiger charge is -2.18. The van der Waals surface area contributed by atoms with Gasteiger partial charge in [0.15, 0.2) is 6.10 Å². The lowest BCUT2D eigenvalue weighted by molar-refractivity contribution is -0.167. The van der Waals surface area contributed by atoms with Gasteiger partial charge in [-0.1, -0.05) is 266 Å². The van der Waals surface area contributed by atoms with Crippen LogP contribution >= 0.6 is 0 Å². The maximum Gasteiger partial charge on any atom is 0.306 e. The summed E-state index contributed by atoms with van der Waals surface area (Å²) in [4.78, 5) is 38.2. The Morgan fingerprint density at radius 2 is 0.614 bits per heavy atom. The molecule has 0 N–H and O–H groups in total. The average Bonchev–Trinajstić information content (AvgIpc) is 3.36. The summed E-state index contributed by atoms with van der Waals surface area (Å²) < 4.78 is 16.8. The van der Waals surface area contributed by atoms with Gasteiger partial charge in [-0.15, -0.1) is 0 Å². The Bertz CT molecular complexity index is 1400. The number of carbonyl (C=O) groups excluding carboxylic acids is 3. The van der Waals surface area contributed by atoms with Crippen molar-refractivity contribution in [3.8, 4) is 0 Å². The molecule has 6 nitrogen and oxygen atoms in total. The van der Waals surface area contributed by atoms with Crippen molar-refractivity contribution in [1.82, 2.24) is 0 Å². The average molecular weight is 974 g/mol. The molecule has 0 amide bonds. The molecule has 1 atom stereocenters. The zero-order chi connectivity index (χ0) is 50.7. The van der Waals surface area contributed by atoms with Crippen LogP contribution in [0.15, 0.2) is 97.2 Å². The molecule has 6 heteroatoms. The fraction of sp³-hybridized carbons (Fsp3) is 0.703. The van der Waals surface area contributed by atoms with Crippen molar-refractivity contribution in [3.05, 3.63) is 97.2 Å². The first-order chi connectivity index (χ1) is 34.5. The molecule has 0 aliphatic rings. The first-order valence-corrected chi connectivity index (χ1v) is 29.3. The van der Waals surface area contributed by atoms with E-state index >= 15 is 0 Å². The molecule has 400 valence electrons. The van der Waals surface area contributed by atoms with Crippen molar-refractivity contribution in [2.45, 2.75) is 277 Å². The summed E-state index contributed by atoms with van der Waals surface area (Å²) in [5.41, 5.74) is 0. The molecular weight excluding hydrogens is 865 g/mol. The Morgan fingerprint density at radius 1 is 0.314 bits per heavy atom. The molecule has 70 heavy (non-hydrogen) atoms. The Labute approximate surface area is 432 Å². The zero-order valence-electron chi connectivity index (χ0n) is 45.8. The standard InChI is InChI=1S/C64H108O6/c1-4-7-10-13-16-19-22-25-28-31-33-36-39-42-45-48-51-54-57-63(66)69-60-61(59-68-62(65)56-53-50-47-44-41-38-35-30-27-24-21-18-15-12-9-6-3)70-64(67)58-55-52-49-46-43-40-37-34-32-29-26-23-20-17-14-11-8-5-2/h9,12,16,18-19,21-22,25,27-28,30-31,33,36,38,41,61H,4-8,10-11,13-15,17,20,23-24,26,29,32,34-35,37,39-40,42-60H2,1-3H3/b12-9-,19-16-,21-18-,25-22-,30-27-,31-28-,36-33-,41-38-. The Balaban J connectivity index is 4.47. The highest BCUT2D eigenvalue weighted by molar-refractivity contribution is 5.71. The van der Waals surface area contributed by atoms with Gasteiger partial charge in [0.05, 0.1) is 0 Å². The van der Waals surface area contributed by atoms with Gasteiger partial charge >= 0.3 is 17.9 Å². The first-order valence-electron chi connectivity index (χ1n) is 29.3. The van der Waals surface area contributed by atoms with Crippen molar-refractivity contribution in [3.63, 3.8) is 0 Å². The number of rotatable bonds is 52. The van der Waals surface area contributed by atoms with Crippen LogP contribution in [-0.4, -0.2) is 37.2 Å². The van der Waals surface area contributed by atoms with Gasteiger partial charge in [0.25, 0.3) is 0 Å². The third kappa shape index (κ3) is 55.3. The van der Waals surface area contributed by atoms with Crippen molar-refractivity contribution < 1.29 is 28.6 Å². The number of hydrogen-bond acceptors (Lipinski definition) is 6. The van der Waals surface area contributed by atoms with Crippen LogP contribution in [0.5, 0.6) is 0 Å². The normalized spacial score (nSPS) is 12.8. The molecule has 0 bridgehead atoms. The highest BCUT2D eigenvalue weighted by Gasteiger charge is 2.19. The monoisotopic (exact) mass is 973 g/mol. The maximum absolute atomic E-state index is 12.9. The molecule has 0 aliphatic heterocycles. The highest BCUT2D eigenvalue weighted by atomic mass is 16.6. The molecule has 0 saturated heterocycles. The van der Waals surface area contributed by atoms with Gasteiger partial charge in [-0.25, -0.2) is 0 Å². The van der Waals surface area contributed by atoms with Crippen LogP contribution in [0.4, 0.5) is 0 Å². The molecule has 1 unspecified atom stereocenters. The van der Waals surface area contributed by atoms with E-state index < -0.39 is 6.10 Å². The fourth-order valence-electron chi connectivity index (χ4n) is 8.03. The molecular formula is C64H108O6. The highest BCUT2D eigenvalue weighted by Crippen LogP contribution is 2.16. The van der Waals surface area contributed by atoms with Crippen LogP contribution in [-0.2, 0) is 28.6 Å². The van der Waals surface area contributed by atoms with E-state index in [0.717, 1.165) is 116 Å². The summed E-state index contributed by atoms with van der Waals surface area (Å²) in [7, 11) is 0. The van der Waals surface area contributed by atoms with E-state index in [1.54, 1.807) is 0 Å². The summed E-state index contributed by atoms with van der Waals surface area (Å²) >= 11 is 0. The minimum Gasteiger partial charge on any atom is -0.462 e. The lowest BCUT2D eigenvalue weighted by Crippen LogP contribution is -2.30. The predicted molar refractivity (Wildman–Crippen MR) is 302 cm³/mol. The molecule has 0 fully saturated rings. The number of carbonyl (C=O) groups is 3. The third-order valence-electron chi connectivity index (χ3n) is 12.4. The van der Waals surface area contributed by atoms with Gasteiger partial charge in [-0.3, -0.25) is 14.4 Å². The zero-order valence-corrected chi connectivity index (χ0v) is 45.8. The molecule has 0 aromatic carbocycles. The number of allylic oxidation sites excluding steroid dienone is 16. The van der Waals surface area contributed by atoms with Crippen LogP contribution in [0.2, 0.25) is 0 Å². The van der Waals surface area contributed by atoms with E-state index in [1.165, 1.54) is 116 Å². The van der Waals surface area contributed by atoms with Crippen LogP contribution in [0.3, 0.4) is 0 Å². The van der Waals surface area contributed by atoms with Crippen LogP contribution < -0.4 is 0 Å². The Morgan fingerprint density at radius 3 is 1.04 bits per heavy atom. The van der Waals surface area contributed by atoms with Gasteiger partial charge in [-0.05, 0) is 83.5 Å². The van der Waals surface area contributed by atoms with Gasteiger partial charge < -0.3 is 14.2 Å². The second-order valence-corrected chi connectivity index (χ2v) is 19.3. The summed E-state index contributed by atoms with van der Waals surface area (Å²) in [6.45, 7) is 6.46. The maximum atomic E-state index is 12.9. The van der Waals surface area contributed by atoms with E-state index in [-0.39, 0.29) is 31.1 Å². The SMILES string of the molecule is CC/C=C\C/C=C\C/C=C\C/C=C\CCCCCC(=O)OCC(COC(=O)CCCCCCC\C=C/C=C\C=C/C=C\CCCCC)OC(=O)CCCCCCCCCCCCCCCCCCCC. The van der Waals surface area contributed by atoms with Gasteiger partial charge in [0.2, 0.25) is 0 Å². The molecule has 0 spiro atoms. The van der Waals surface area contributed by atoms with E-state index in [1.807, 2.05) is 0 Å². The topological polar surface area (TPSA) is 78.9 Å². The molecule has 0 rings (SSSR count). The largest absolute Gasteiger partial charge is 0.462 e. The number of unbranched alkanes of at least 4 members (excludes halogenated alkanes) is 28. The van der Waals surface area contributed by atoms with E-state index in [2.05, 4.69) is 118 Å². The minimum absolute atomic E-state index is 0.0990. The van der Waals surface area contributed by atoms with Crippen LogP contribution in [0, 0.1) is 0 Å². The van der Waals surface area contributed by atoms with Crippen molar-refractivity contribution in [2.75, 3.05) is 13.2 Å². The molecule has 0 aliphatic carbocycles. The summed E-state index contributed by atoms with van der Waals surface area (Å²) in [5, 5.41) is 0. The smallest absolute Gasteiger partial charge is 0.306 e. The quantitative estimate of drug-likeness (QED) is 0.0199. The van der Waals surface area contributed by atoms with Crippen molar-refractivity contribution in [1.29, 1.82) is 0 Å². The second-order valence-electron chi connectivity index (χ2n) is 19.3. The van der Waals surface area contributed by atoms with E-state index in [0.29, 0.717) is 19.3 Å². The van der Waals surface area contributed by atoms with Crippen LogP contribution in [0.1, 0.15) is 271 Å². The Kier molecular flexibility index (Phi) is 54.9. The molecule has 0 aromatic rings. The molecule has 0 aromatic heterocycles. The minimum atomic E-state index is -0.801.